The minimum absolute atomic E-state index is 0.0604. The van der Waals surface area contributed by atoms with Gasteiger partial charge in [-0.3, -0.25) is 4.79 Å². The number of hydrogen-bond acceptors (Lipinski definition) is 4. The molecule has 1 atom stereocenters. The summed E-state index contributed by atoms with van der Waals surface area (Å²) < 4.78 is 8.31. The van der Waals surface area contributed by atoms with Crippen LogP contribution < -0.4 is 5.32 Å². The van der Waals surface area contributed by atoms with E-state index in [0.717, 1.165) is 34.0 Å². The summed E-state index contributed by atoms with van der Waals surface area (Å²) in [6.07, 6.45) is 7.24. The largest absolute Gasteiger partial charge is 0.469 e. The molecule has 0 saturated heterocycles. The molecule has 3 aromatic heterocycles. The van der Waals surface area contributed by atoms with E-state index in [4.69, 9.17) is 4.42 Å². The molecule has 0 aliphatic heterocycles. The highest BCUT2D eigenvalue weighted by Crippen LogP contribution is 2.26. The summed E-state index contributed by atoms with van der Waals surface area (Å²) in [5.74, 6) is 0.879. The van der Waals surface area contributed by atoms with Crippen molar-refractivity contribution in [2.75, 3.05) is 0 Å². The van der Waals surface area contributed by atoms with Gasteiger partial charge in [-0.2, -0.15) is 0 Å². The van der Waals surface area contributed by atoms with Crippen LogP contribution in [-0.4, -0.2) is 21.5 Å². The number of rotatable bonds is 6. The summed E-state index contributed by atoms with van der Waals surface area (Å²) in [5.41, 5.74) is 1.56. The third kappa shape index (κ3) is 3.55. The quantitative estimate of drug-likeness (QED) is 0.550. The van der Waals surface area contributed by atoms with Crippen LogP contribution in [0.15, 0.2) is 65.5 Å². The number of carbonyl (C=O) groups excluding carboxylic acids is 1. The second-order valence-electron chi connectivity index (χ2n) is 6.26. The molecular weight excluding hydrogens is 346 g/mol. The van der Waals surface area contributed by atoms with Crippen molar-refractivity contribution in [2.24, 2.45) is 0 Å². The molecule has 0 aliphatic rings. The third-order valence-electron chi connectivity index (χ3n) is 4.25. The lowest BCUT2D eigenvalue weighted by molar-refractivity contribution is 0.0938. The third-order valence-corrected chi connectivity index (χ3v) is 5.28. The molecule has 1 N–H and O–H groups in total. The summed E-state index contributed by atoms with van der Waals surface area (Å²) in [7, 11) is 0. The first-order chi connectivity index (χ1) is 12.7. The average Bonchev–Trinajstić information content (AvgIpc) is 3.40. The number of thiazole rings is 1. The molecule has 132 valence electrons. The molecule has 0 bridgehead atoms. The van der Waals surface area contributed by atoms with Crippen LogP contribution in [0.3, 0.4) is 0 Å². The minimum Gasteiger partial charge on any atom is -0.469 e. The van der Waals surface area contributed by atoms with Gasteiger partial charge in [0.25, 0.3) is 5.91 Å². The van der Waals surface area contributed by atoms with Crippen LogP contribution >= 0.6 is 11.3 Å². The maximum absolute atomic E-state index is 12.5. The average molecular weight is 365 g/mol. The first-order valence-electron chi connectivity index (χ1n) is 8.56. The summed E-state index contributed by atoms with van der Waals surface area (Å²) in [6.45, 7) is 2.01. The Hall–Kier alpha value is -2.86. The zero-order valence-corrected chi connectivity index (χ0v) is 15.2. The standard InChI is InChI=1S/C20H19N3O2S/c1-14(6-8-16-5-4-12-25-16)21-19(24)15-7-9-17-18(13-15)26-20(22-17)23-10-2-3-11-23/h2-5,7,9-14H,6,8H2,1H3,(H,21,24)/t14-/m1/s1. The van der Waals surface area contributed by atoms with E-state index in [0.29, 0.717) is 5.56 Å². The van der Waals surface area contributed by atoms with E-state index in [1.165, 1.54) is 0 Å². The zero-order chi connectivity index (χ0) is 17.9. The first-order valence-corrected chi connectivity index (χ1v) is 9.38. The van der Waals surface area contributed by atoms with E-state index in [2.05, 4.69) is 10.3 Å². The lowest BCUT2D eigenvalue weighted by atomic mass is 10.1. The molecule has 3 heterocycles. The number of carbonyl (C=O) groups is 1. The Morgan fingerprint density at radius 3 is 2.88 bits per heavy atom. The molecule has 0 fully saturated rings. The predicted molar refractivity (Wildman–Crippen MR) is 103 cm³/mol. The lowest BCUT2D eigenvalue weighted by Gasteiger charge is -2.13. The van der Waals surface area contributed by atoms with Crippen molar-refractivity contribution in [1.29, 1.82) is 0 Å². The maximum atomic E-state index is 12.5. The van der Waals surface area contributed by atoms with Gasteiger partial charge in [-0.15, -0.1) is 0 Å². The van der Waals surface area contributed by atoms with Crippen molar-refractivity contribution in [1.82, 2.24) is 14.9 Å². The Balaban J connectivity index is 1.44. The highest BCUT2D eigenvalue weighted by Gasteiger charge is 2.13. The molecule has 1 amide bonds. The van der Waals surface area contributed by atoms with Crippen molar-refractivity contribution in [3.63, 3.8) is 0 Å². The van der Waals surface area contributed by atoms with Crippen LogP contribution in [-0.2, 0) is 6.42 Å². The Morgan fingerprint density at radius 1 is 1.27 bits per heavy atom. The molecule has 0 spiro atoms. The van der Waals surface area contributed by atoms with Crippen molar-refractivity contribution in [3.05, 3.63) is 72.4 Å². The molecule has 0 unspecified atom stereocenters. The van der Waals surface area contributed by atoms with Gasteiger partial charge in [-0.1, -0.05) is 11.3 Å². The lowest BCUT2D eigenvalue weighted by Crippen LogP contribution is -2.32. The van der Waals surface area contributed by atoms with Crippen molar-refractivity contribution in [3.8, 4) is 5.13 Å². The van der Waals surface area contributed by atoms with Crippen molar-refractivity contribution < 1.29 is 9.21 Å². The van der Waals surface area contributed by atoms with Gasteiger partial charge in [0.2, 0.25) is 0 Å². The molecule has 0 radical (unpaired) electrons. The van der Waals surface area contributed by atoms with Gasteiger partial charge in [0, 0.05) is 30.4 Å². The monoisotopic (exact) mass is 365 g/mol. The molecule has 6 heteroatoms. The Labute approximate surface area is 155 Å². The molecule has 1 aromatic carbocycles. The van der Waals surface area contributed by atoms with Crippen molar-refractivity contribution >= 4 is 27.5 Å². The fourth-order valence-corrected chi connectivity index (χ4v) is 3.79. The van der Waals surface area contributed by atoms with E-state index < -0.39 is 0 Å². The number of fused-ring (bicyclic) bond motifs is 1. The van der Waals surface area contributed by atoms with E-state index in [1.54, 1.807) is 17.6 Å². The van der Waals surface area contributed by atoms with Crippen LogP contribution in [0, 0.1) is 0 Å². The molecule has 4 aromatic rings. The van der Waals surface area contributed by atoms with Gasteiger partial charge in [-0.05, 0) is 55.8 Å². The number of hydrogen-bond donors (Lipinski definition) is 1. The molecular formula is C20H19N3O2S. The van der Waals surface area contributed by atoms with Gasteiger partial charge in [0.15, 0.2) is 5.13 Å². The Morgan fingerprint density at radius 2 is 2.12 bits per heavy atom. The first kappa shape index (κ1) is 16.6. The van der Waals surface area contributed by atoms with Gasteiger partial charge in [0.05, 0.1) is 16.5 Å². The smallest absolute Gasteiger partial charge is 0.251 e. The highest BCUT2D eigenvalue weighted by molar-refractivity contribution is 7.20. The zero-order valence-electron chi connectivity index (χ0n) is 14.4. The van der Waals surface area contributed by atoms with Crippen LogP contribution in [0.4, 0.5) is 0 Å². The van der Waals surface area contributed by atoms with Crippen LogP contribution in [0.25, 0.3) is 15.3 Å². The van der Waals surface area contributed by atoms with Gasteiger partial charge >= 0.3 is 0 Å². The number of benzene rings is 1. The van der Waals surface area contributed by atoms with Crippen molar-refractivity contribution in [2.45, 2.75) is 25.8 Å². The number of aryl methyl sites for hydroxylation is 1. The topological polar surface area (TPSA) is 60.1 Å². The van der Waals surface area contributed by atoms with Crippen LogP contribution in [0.2, 0.25) is 0 Å². The normalized spacial score (nSPS) is 12.3. The molecule has 26 heavy (non-hydrogen) atoms. The number of nitrogens with one attached hydrogen (secondary N) is 1. The second-order valence-corrected chi connectivity index (χ2v) is 7.27. The molecule has 0 aliphatic carbocycles. The van der Waals surface area contributed by atoms with Gasteiger partial charge in [0.1, 0.15) is 5.76 Å². The fourth-order valence-electron chi connectivity index (χ4n) is 2.82. The Bertz CT molecular complexity index is 1000. The van der Waals surface area contributed by atoms with Gasteiger partial charge < -0.3 is 14.3 Å². The number of furan rings is 1. The molecule has 5 nitrogen and oxygen atoms in total. The summed E-state index contributed by atoms with van der Waals surface area (Å²) in [6, 6.07) is 13.5. The fraction of sp³-hybridized carbons (Fsp3) is 0.200. The molecule has 4 rings (SSSR count). The van der Waals surface area contributed by atoms with Crippen LogP contribution in [0.1, 0.15) is 29.5 Å². The number of nitrogens with zero attached hydrogens (tertiary/aromatic N) is 2. The number of aromatic nitrogens is 2. The second kappa shape index (κ2) is 7.17. The summed E-state index contributed by atoms with van der Waals surface area (Å²) in [5, 5.41) is 3.95. The summed E-state index contributed by atoms with van der Waals surface area (Å²) >= 11 is 1.57. The minimum atomic E-state index is -0.0604. The highest BCUT2D eigenvalue weighted by atomic mass is 32.1. The van der Waals surface area contributed by atoms with Crippen LogP contribution in [0.5, 0.6) is 0 Å². The number of amides is 1. The Kier molecular flexibility index (Phi) is 4.58. The molecule has 0 saturated carbocycles. The van der Waals surface area contributed by atoms with E-state index >= 15 is 0 Å². The van der Waals surface area contributed by atoms with E-state index in [-0.39, 0.29) is 11.9 Å². The van der Waals surface area contributed by atoms with E-state index in [1.807, 2.05) is 66.3 Å². The van der Waals surface area contributed by atoms with E-state index in [9.17, 15) is 4.79 Å². The SMILES string of the molecule is C[C@H](CCc1ccco1)NC(=O)c1ccc2nc(-n3cccc3)sc2c1. The maximum Gasteiger partial charge on any atom is 0.251 e. The summed E-state index contributed by atoms with van der Waals surface area (Å²) in [4.78, 5) is 17.2. The van der Waals surface area contributed by atoms with Gasteiger partial charge in [-0.25, -0.2) is 4.98 Å². The predicted octanol–water partition coefficient (Wildman–Crippen LogP) is 4.43.